The maximum atomic E-state index is 11.7. The molecule has 4 rings (SSSR count). The van der Waals surface area contributed by atoms with Gasteiger partial charge >= 0.3 is 0 Å². The van der Waals surface area contributed by atoms with E-state index < -0.39 is 0 Å². The summed E-state index contributed by atoms with van der Waals surface area (Å²) in [6.45, 7) is 7.16. The van der Waals surface area contributed by atoms with Gasteiger partial charge < -0.3 is 9.88 Å². The van der Waals surface area contributed by atoms with Crippen LogP contribution in [-0.2, 0) is 6.54 Å². The van der Waals surface area contributed by atoms with Crippen LogP contribution in [0.4, 0.5) is 5.82 Å². The molecule has 1 aliphatic heterocycles. The molecule has 4 heterocycles. The van der Waals surface area contributed by atoms with E-state index in [2.05, 4.69) is 29.9 Å². The van der Waals surface area contributed by atoms with E-state index in [0.29, 0.717) is 6.54 Å². The van der Waals surface area contributed by atoms with Gasteiger partial charge in [0.2, 0.25) is 0 Å². The minimum atomic E-state index is -0.0494. The number of H-pyrrole nitrogens is 1. The molecule has 130 valence electrons. The predicted octanol–water partition coefficient (Wildman–Crippen LogP) is 0.645. The van der Waals surface area contributed by atoms with E-state index in [9.17, 15) is 4.79 Å². The second-order valence-electron chi connectivity index (χ2n) is 6.32. The first-order valence-electron chi connectivity index (χ1n) is 8.50. The molecule has 0 amide bonds. The van der Waals surface area contributed by atoms with Crippen molar-refractivity contribution in [2.75, 3.05) is 37.6 Å². The van der Waals surface area contributed by atoms with Crippen molar-refractivity contribution in [3.8, 4) is 0 Å². The lowest BCUT2D eigenvalue weighted by molar-refractivity contribution is 0.242. The molecule has 1 fully saturated rings. The van der Waals surface area contributed by atoms with Crippen molar-refractivity contribution in [1.82, 2.24) is 29.6 Å². The lowest BCUT2D eigenvalue weighted by Crippen LogP contribution is -2.48. The zero-order chi connectivity index (χ0) is 17.2. The van der Waals surface area contributed by atoms with Crippen molar-refractivity contribution in [3.05, 3.63) is 46.8 Å². The van der Waals surface area contributed by atoms with Crippen molar-refractivity contribution < 1.29 is 0 Å². The first kappa shape index (κ1) is 15.8. The Balaban J connectivity index is 1.39. The third-order valence-corrected chi connectivity index (χ3v) is 4.62. The van der Waals surface area contributed by atoms with Gasteiger partial charge in [0, 0.05) is 50.7 Å². The van der Waals surface area contributed by atoms with Crippen LogP contribution in [0.1, 0.15) is 5.69 Å². The number of nitrogens with one attached hydrogen (secondary N) is 1. The molecule has 1 N–H and O–H groups in total. The summed E-state index contributed by atoms with van der Waals surface area (Å²) in [7, 11) is 0. The average Bonchev–Trinajstić information content (AvgIpc) is 3.02. The molecule has 0 bridgehead atoms. The maximum absolute atomic E-state index is 11.7. The van der Waals surface area contributed by atoms with Crippen LogP contribution in [0.2, 0.25) is 0 Å². The quantitative estimate of drug-likeness (QED) is 0.751. The number of aromatic amines is 1. The summed E-state index contributed by atoms with van der Waals surface area (Å²) in [6.07, 6.45) is 3.28. The van der Waals surface area contributed by atoms with E-state index >= 15 is 0 Å². The summed E-state index contributed by atoms with van der Waals surface area (Å²) in [5, 5.41) is 4.11. The Kier molecular flexibility index (Phi) is 4.19. The van der Waals surface area contributed by atoms with E-state index in [1.54, 1.807) is 24.7 Å². The van der Waals surface area contributed by atoms with Crippen molar-refractivity contribution in [2.45, 2.75) is 13.5 Å². The van der Waals surface area contributed by atoms with Crippen LogP contribution in [0.15, 0.2) is 35.5 Å². The van der Waals surface area contributed by atoms with E-state index in [0.717, 1.165) is 55.3 Å². The number of fused-ring (bicyclic) bond motifs is 1. The predicted molar refractivity (Wildman–Crippen MR) is 95.8 cm³/mol. The van der Waals surface area contributed by atoms with Crippen molar-refractivity contribution in [1.29, 1.82) is 0 Å². The number of nitrogens with zero attached hydrogens (tertiary/aromatic N) is 6. The van der Waals surface area contributed by atoms with Crippen molar-refractivity contribution in [3.63, 3.8) is 0 Å². The molecule has 0 radical (unpaired) electrons. The van der Waals surface area contributed by atoms with E-state index in [-0.39, 0.29) is 5.56 Å². The molecule has 25 heavy (non-hydrogen) atoms. The van der Waals surface area contributed by atoms with Gasteiger partial charge in [-0.2, -0.15) is 5.10 Å². The highest BCUT2D eigenvalue weighted by atomic mass is 16.1. The second kappa shape index (κ2) is 6.64. The highest BCUT2D eigenvalue weighted by molar-refractivity contribution is 5.86. The molecule has 8 nitrogen and oxygen atoms in total. The van der Waals surface area contributed by atoms with Gasteiger partial charge in [-0.05, 0) is 19.1 Å². The van der Waals surface area contributed by atoms with Gasteiger partial charge in [0.15, 0.2) is 5.82 Å². The Bertz CT molecular complexity index is 924. The van der Waals surface area contributed by atoms with Gasteiger partial charge in [0.1, 0.15) is 11.8 Å². The number of hydrogen-bond acceptors (Lipinski definition) is 6. The zero-order valence-electron chi connectivity index (χ0n) is 14.2. The number of piperazine rings is 1. The Morgan fingerprint density at radius 1 is 1.16 bits per heavy atom. The Morgan fingerprint density at radius 3 is 2.80 bits per heavy atom. The highest BCUT2D eigenvalue weighted by Gasteiger charge is 2.20. The molecule has 3 aromatic rings. The monoisotopic (exact) mass is 339 g/mol. The molecule has 1 aliphatic rings. The number of aromatic nitrogens is 5. The molecular formula is C17H21N7O. The Morgan fingerprint density at radius 2 is 2.00 bits per heavy atom. The molecule has 3 aromatic heterocycles. The number of aryl methyl sites for hydroxylation is 1. The summed E-state index contributed by atoms with van der Waals surface area (Å²) in [5.41, 5.74) is 3.01. The third-order valence-electron chi connectivity index (χ3n) is 4.62. The van der Waals surface area contributed by atoms with Gasteiger partial charge in [-0.3, -0.25) is 9.69 Å². The van der Waals surface area contributed by atoms with E-state index in [4.69, 9.17) is 0 Å². The van der Waals surface area contributed by atoms with Crippen LogP contribution >= 0.6 is 0 Å². The lowest BCUT2D eigenvalue weighted by Gasteiger charge is -2.35. The molecule has 0 unspecified atom stereocenters. The van der Waals surface area contributed by atoms with E-state index in [1.807, 2.05) is 13.0 Å². The smallest absolute Gasteiger partial charge is 0.266 e. The highest BCUT2D eigenvalue weighted by Crippen LogP contribution is 2.23. The van der Waals surface area contributed by atoms with Crippen molar-refractivity contribution in [2.24, 2.45) is 0 Å². The second-order valence-corrected chi connectivity index (χ2v) is 6.32. The van der Waals surface area contributed by atoms with Gasteiger partial charge in [0.25, 0.3) is 5.56 Å². The molecule has 0 aromatic carbocycles. The summed E-state index contributed by atoms with van der Waals surface area (Å²) in [4.78, 5) is 28.5. The van der Waals surface area contributed by atoms with Gasteiger partial charge in [-0.25, -0.2) is 14.6 Å². The first-order chi connectivity index (χ1) is 12.2. The van der Waals surface area contributed by atoms with Crippen LogP contribution in [0.25, 0.3) is 11.0 Å². The largest absolute Gasteiger partial charge is 0.354 e. The topological polar surface area (TPSA) is 82.9 Å². The van der Waals surface area contributed by atoms with Crippen molar-refractivity contribution >= 4 is 16.9 Å². The maximum Gasteiger partial charge on any atom is 0.266 e. The summed E-state index contributed by atoms with van der Waals surface area (Å²) < 4.78 is 1.52. The Hall–Kier alpha value is -2.74. The molecule has 0 atom stereocenters. The minimum Gasteiger partial charge on any atom is -0.354 e. The fourth-order valence-corrected chi connectivity index (χ4v) is 3.27. The number of anilines is 1. The van der Waals surface area contributed by atoms with Gasteiger partial charge in [0.05, 0.1) is 12.1 Å². The molecule has 0 saturated carbocycles. The lowest BCUT2D eigenvalue weighted by atomic mass is 10.3. The van der Waals surface area contributed by atoms with Crippen LogP contribution in [0.5, 0.6) is 0 Å². The summed E-state index contributed by atoms with van der Waals surface area (Å²) >= 11 is 0. The molecule has 0 aliphatic carbocycles. The SMILES string of the molecule is Cc1cc2ncnc(N3CCN(CCn4ncccc4=O)CC3)c2[nH]1. The molecular weight excluding hydrogens is 318 g/mol. The standard InChI is InChI=1S/C17H21N7O/c1-13-11-14-16(21-13)17(19-12-18-14)23-8-5-22(6-9-23)7-10-24-15(25)3-2-4-20-24/h2-4,11-12,21H,5-10H2,1H3. The van der Waals surface area contributed by atoms with Crippen LogP contribution in [0.3, 0.4) is 0 Å². The Labute approximate surface area is 145 Å². The normalized spacial score (nSPS) is 15.8. The van der Waals surface area contributed by atoms with Gasteiger partial charge in [-0.1, -0.05) is 0 Å². The van der Waals surface area contributed by atoms with Crippen LogP contribution < -0.4 is 10.5 Å². The minimum absolute atomic E-state index is 0.0494. The first-order valence-corrected chi connectivity index (χ1v) is 8.50. The fraction of sp³-hybridized carbons (Fsp3) is 0.412. The summed E-state index contributed by atoms with van der Waals surface area (Å²) in [6, 6.07) is 5.26. The zero-order valence-corrected chi connectivity index (χ0v) is 14.2. The molecule has 0 spiro atoms. The number of hydrogen-bond donors (Lipinski definition) is 1. The average molecular weight is 339 g/mol. The van der Waals surface area contributed by atoms with Crippen LogP contribution in [-0.4, -0.2) is 62.4 Å². The fourth-order valence-electron chi connectivity index (χ4n) is 3.27. The number of rotatable bonds is 4. The third kappa shape index (κ3) is 3.25. The van der Waals surface area contributed by atoms with Crippen LogP contribution in [0, 0.1) is 6.92 Å². The van der Waals surface area contributed by atoms with E-state index in [1.165, 1.54) is 4.68 Å². The molecule has 1 saturated heterocycles. The summed E-state index contributed by atoms with van der Waals surface area (Å²) in [5.74, 6) is 0.971. The molecule has 8 heteroatoms. The van der Waals surface area contributed by atoms with Gasteiger partial charge in [-0.15, -0.1) is 0 Å².